The Labute approximate surface area is 101 Å². The zero-order chi connectivity index (χ0) is 12.6. The largest absolute Gasteiger partial charge is 0.246 e. The van der Waals surface area contributed by atoms with Gasteiger partial charge in [-0.25, -0.2) is 12.8 Å². The van der Waals surface area contributed by atoms with Gasteiger partial charge in [-0.15, -0.1) is 0 Å². The van der Waals surface area contributed by atoms with Gasteiger partial charge in [-0.1, -0.05) is 19.1 Å². The number of hydrogen-bond acceptors (Lipinski definition) is 2. The molecule has 0 saturated carbocycles. The molecule has 1 heterocycles. The SMILES string of the molecule is CC1CC(C)N(S(=O)(=O)c2ccccc2F)C1. The first-order chi connectivity index (χ1) is 7.93. The van der Waals surface area contributed by atoms with Gasteiger partial charge < -0.3 is 0 Å². The summed E-state index contributed by atoms with van der Waals surface area (Å²) in [6, 6.07) is 5.47. The van der Waals surface area contributed by atoms with Crippen LogP contribution in [0.4, 0.5) is 4.39 Å². The second-order valence-electron chi connectivity index (χ2n) is 4.70. The van der Waals surface area contributed by atoms with Crippen molar-refractivity contribution in [2.45, 2.75) is 31.2 Å². The van der Waals surface area contributed by atoms with E-state index in [9.17, 15) is 12.8 Å². The van der Waals surface area contributed by atoms with Crippen LogP contribution in [0.2, 0.25) is 0 Å². The minimum Gasteiger partial charge on any atom is -0.207 e. The van der Waals surface area contributed by atoms with Crippen molar-refractivity contribution >= 4 is 10.0 Å². The standard InChI is InChI=1S/C12H16FNO2S/c1-9-7-10(2)14(8-9)17(15,16)12-6-4-3-5-11(12)13/h3-6,9-10H,7-8H2,1-2H3. The maximum Gasteiger partial charge on any atom is 0.246 e. The molecule has 0 N–H and O–H groups in total. The van der Waals surface area contributed by atoms with Gasteiger partial charge in [0.25, 0.3) is 0 Å². The van der Waals surface area contributed by atoms with Gasteiger partial charge in [0.05, 0.1) is 0 Å². The van der Waals surface area contributed by atoms with Crippen LogP contribution >= 0.6 is 0 Å². The maximum atomic E-state index is 13.6. The highest BCUT2D eigenvalue weighted by atomic mass is 32.2. The first kappa shape index (κ1) is 12.5. The van der Waals surface area contributed by atoms with E-state index in [0.29, 0.717) is 12.5 Å². The highest BCUT2D eigenvalue weighted by Crippen LogP contribution is 2.29. The second-order valence-corrected chi connectivity index (χ2v) is 6.55. The molecule has 1 fully saturated rings. The fourth-order valence-corrected chi connectivity index (χ4v) is 4.21. The predicted octanol–water partition coefficient (Wildman–Crippen LogP) is 2.24. The number of hydrogen-bond donors (Lipinski definition) is 0. The molecule has 0 aromatic heterocycles. The second kappa shape index (κ2) is 4.38. The van der Waals surface area contributed by atoms with E-state index < -0.39 is 15.8 Å². The van der Waals surface area contributed by atoms with E-state index in [4.69, 9.17) is 0 Å². The van der Waals surface area contributed by atoms with Gasteiger partial charge in [0.2, 0.25) is 10.0 Å². The van der Waals surface area contributed by atoms with Crippen LogP contribution in [0.3, 0.4) is 0 Å². The molecule has 1 aromatic carbocycles. The van der Waals surface area contributed by atoms with E-state index in [2.05, 4.69) is 0 Å². The van der Waals surface area contributed by atoms with Crippen molar-refractivity contribution in [1.29, 1.82) is 0 Å². The molecule has 5 heteroatoms. The zero-order valence-electron chi connectivity index (χ0n) is 9.93. The van der Waals surface area contributed by atoms with Crippen molar-refractivity contribution in [2.75, 3.05) is 6.54 Å². The lowest BCUT2D eigenvalue weighted by atomic mass is 10.1. The third-order valence-electron chi connectivity index (χ3n) is 3.15. The van der Waals surface area contributed by atoms with Crippen LogP contribution < -0.4 is 0 Å². The quantitative estimate of drug-likeness (QED) is 0.815. The van der Waals surface area contributed by atoms with Crippen LogP contribution in [0.1, 0.15) is 20.3 Å². The van der Waals surface area contributed by atoms with Crippen LogP contribution in [-0.2, 0) is 10.0 Å². The summed E-state index contributed by atoms with van der Waals surface area (Å²) in [7, 11) is -3.69. The minimum absolute atomic E-state index is 0.0605. The summed E-state index contributed by atoms with van der Waals surface area (Å²) in [6.07, 6.45) is 0.827. The summed E-state index contributed by atoms with van der Waals surface area (Å²) in [6.45, 7) is 4.34. The van der Waals surface area contributed by atoms with Gasteiger partial charge in [0.1, 0.15) is 10.7 Å². The van der Waals surface area contributed by atoms with Gasteiger partial charge in [-0.3, -0.25) is 0 Å². The fraction of sp³-hybridized carbons (Fsp3) is 0.500. The lowest BCUT2D eigenvalue weighted by Crippen LogP contribution is -2.34. The maximum absolute atomic E-state index is 13.6. The van der Waals surface area contributed by atoms with E-state index in [1.807, 2.05) is 13.8 Å². The molecule has 17 heavy (non-hydrogen) atoms. The Morgan fingerprint density at radius 3 is 2.47 bits per heavy atom. The summed E-state index contributed by atoms with van der Waals surface area (Å²) in [5, 5.41) is 0. The van der Waals surface area contributed by atoms with Crippen LogP contribution in [0.15, 0.2) is 29.2 Å². The van der Waals surface area contributed by atoms with E-state index in [0.717, 1.165) is 6.42 Å². The highest BCUT2D eigenvalue weighted by Gasteiger charge is 2.37. The molecule has 0 bridgehead atoms. The van der Waals surface area contributed by atoms with Crippen LogP contribution in [0.25, 0.3) is 0 Å². The molecule has 1 aliphatic rings. The smallest absolute Gasteiger partial charge is 0.207 e. The Bertz CT molecular complexity index is 515. The molecule has 0 amide bonds. The molecule has 1 aliphatic heterocycles. The highest BCUT2D eigenvalue weighted by molar-refractivity contribution is 7.89. The molecule has 1 saturated heterocycles. The number of benzene rings is 1. The topological polar surface area (TPSA) is 37.4 Å². The molecular weight excluding hydrogens is 241 g/mol. The molecule has 2 rings (SSSR count). The molecular formula is C12H16FNO2S. The Morgan fingerprint density at radius 2 is 1.94 bits per heavy atom. The summed E-state index contributed by atoms with van der Waals surface area (Å²) in [4.78, 5) is -0.221. The van der Waals surface area contributed by atoms with Crippen molar-refractivity contribution in [2.24, 2.45) is 5.92 Å². The van der Waals surface area contributed by atoms with E-state index >= 15 is 0 Å². The van der Waals surface area contributed by atoms with Crippen molar-refractivity contribution in [3.63, 3.8) is 0 Å². The normalized spacial score (nSPS) is 26.3. The minimum atomic E-state index is -3.69. The Balaban J connectivity index is 2.41. The summed E-state index contributed by atoms with van der Waals surface area (Å²) in [5.41, 5.74) is 0. The molecule has 2 atom stereocenters. The third kappa shape index (κ3) is 2.21. The molecule has 0 aliphatic carbocycles. The average molecular weight is 257 g/mol. The molecule has 2 unspecified atom stereocenters. The number of sulfonamides is 1. The Morgan fingerprint density at radius 1 is 1.29 bits per heavy atom. The number of nitrogens with zero attached hydrogens (tertiary/aromatic N) is 1. The van der Waals surface area contributed by atoms with Crippen molar-refractivity contribution in [3.05, 3.63) is 30.1 Å². The lowest BCUT2D eigenvalue weighted by Gasteiger charge is -2.21. The van der Waals surface area contributed by atoms with Gasteiger partial charge in [-0.2, -0.15) is 4.31 Å². The first-order valence-electron chi connectivity index (χ1n) is 5.69. The molecule has 94 valence electrons. The molecule has 0 spiro atoms. The van der Waals surface area contributed by atoms with Crippen LogP contribution in [0, 0.1) is 11.7 Å². The van der Waals surface area contributed by atoms with Gasteiger partial charge in [-0.05, 0) is 31.4 Å². The number of halogens is 1. The van der Waals surface area contributed by atoms with E-state index in [1.54, 1.807) is 6.07 Å². The monoisotopic (exact) mass is 257 g/mol. The van der Waals surface area contributed by atoms with Crippen LogP contribution in [-0.4, -0.2) is 25.3 Å². The average Bonchev–Trinajstić information content (AvgIpc) is 2.59. The summed E-state index contributed by atoms with van der Waals surface area (Å²) >= 11 is 0. The Kier molecular flexibility index (Phi) is 3.23. The fourth-order valence-electron chi connectivity index (χ4n) is 2.38. The van der Waals surface area contributed by atoms with Gasteiger partial charge >= 0.3 is 0 Å². The summed E-state index contributed by atoms with van der Waals surface area (Å²) < 4.78 is 39.6. The molecule has 3 nitrogen and oxygen atoms in total. The van der Waals surface area contributed by atoms with Gasteiger partial charge in [0.15, 0.2) is 0 Å². The Hall–Kier alpha value is -0.940. The van der Waals surface area contributed by atoms with E-state index in [-0.39, 0.29) is 10.9 Å². The van der Waals surface area contributed by atoms with Crippen molar-refractivity contribution in [3.8, 4) is 0 Å². The lowest BCUT2D eigenvalue weighted by molar-refractivity contribution is 0.402. The summed E-state index contributed by atoms with van der Waals surface area (Å²) in [5.74, 6) is -0.356. The van der Waals surface area contributed by atoms with Crippen molar-refractivity contribution in [1.82, 2.24) is 4.31 Å². The first-order valence-corrected chi connectivity index (χ1v) is 7.13. The molecule has 0 radical (unpaired) electrons. The molecule has 1 aromatic rings. The zero-order valence-corrected chi connectivity index (χ0v) is 10.7. The van der Waals surface area contributed by atoms with Crippen LogP contribution in [0.5, 0.6) is 0 Å². The van der Waals surface area contributed by atoms with E-state index in [1.165, 1.54) is 22.5 Å². The van der Waals surface area contributed by atoms with Crippen molar-refractivity contribution < 1.29 is 12.8 Å². The third-order valence-corrected chi connectivity index (χ3v) is 5.16. The predicted molar refractivity (Wildman–Crippen MR) is 63.5 cm³/mol. The van der Waals surface area contributed by atoms with Gasteiger partial charge in [0, 0.05) is 12.6 Å². The number of rotatable bonds is 2.